The van der Waals surface area contributed by atoms with Gasteiger partial charge in [0, 0.05) is 39.8 Å². The molecule has 1 aromatic heterocycles. The van der Waals surface area contributed by atoms with E-state index >= 15 is 0 Å². The van der Waals surface area contributed by atoms with Crippen LogP contribution in [0.15, 0.2) is 54.6 Å². The zero-order valence-electron chi connectivity index (χ0n) is 20.8. The highest BCUT2D eigenvalue weighted by Gasteiger charge is 2.37. The lowest BCUT2D eigenvalue weighted by Gasteiger charge is -2.34. The summed E-state index contributed by atoms with van der Waals surface area (Å²) in [6.45, 7) is 1.83. The van der Waals surface area contributed by atoms with Crippen molar-refractivity contribution in [3.05, 3.63) is 93.5 Å². The SMILES string of the molecule is Cc1cc(C#CC2C[C@H]3CC[C@@H](C2)N3C)cc(C(=O)NC(c2ccc(Cl)cc2)c2cc(F)ccc2O)n1. The van der Waals surface area contributed by atoms with Crippen LogP contribution < -0.4 is 5.32 Å². The number of aromatic nitrogens is 1. The summed E-state index contributed by atoms with van der Waals surface area (Å²) in [7, 11) is 2.21. The van der Waals surface area contributed by atoms with Gasteiger partial charge in [-0.2, -0.15) is 0 Å². The highest BCUT2D eigenvalue weighted by molar-refractivity contribution is 6.30. The normalized spacial score (nSPS) is 21.7. The molecule has 2 aliphatic heterocycles. The number of hydrogen-bond donors (Lipinski definition) is 2. The Hall–Kier alpha value is -3.40. The number of piperidine rings is 1. The van der Waals surface area contributed by atoms with Crippen molar-refractivity contribution in [3.8, 4) is 17.6 Å². The first-order chi connectivity index (χ1) is 17.8. The molecular weight excluding hydrogens is 489 g/mol. The number of phenolic OH excluding ortho intramolecular Hbond substituents is 1. The molecule has 2 aliphatic rings. The third kappa shape index (κ3) is 5.64. The van der Waals surface area contributed by atoms with E-state index in [1.165, 1.54) is 31.0 Å². The van der Waals surface area contributed by atoms with Crippen LogP contribution in [0.2, 0.25) is 5.02 Å². The van der Waals surface area contributed by atoms with Gasteiger partial charge in [-0.25, -0.2) is 9.37 Å². The Labute approximate surface area is 221 Å². The van der Waals surface area contributed by atoms with Crippen molar-refractivity contribution in [1.29, 1.82) is 0 Å². The van der Waals surface area contributed by atoms with E-state index in [1.807, 2.05) is 13.0 Å². The second-order valence-corrected chi connectivity index (χ2v) is 10.5. The van der Waals surface area contributed by atoms with E-state index in [1.54, 1.807) is 30.3 Å². The van der Waals surface area contributed by atoms with Crippen molar-refractivity contribution in [3.63, 3.8) is 0 Å². The molecule has 2 bridgehead atoms. The fraction of sp³-hybridized carbons (Fsp3) is 0.333. The molecule has 3 heterocycles. The summed E-state index contributed by atoms with van der Waals surface area (Å²) in [5.74, 6) is 5.98. The van der Waals surface area contributed by atoms with E-state index in [-0.39, 0.29) is 17.0 Å². The molecule has 0 radical (unpaired) electrons. The van der Waals surface area contributed by atoms with Gasteiger partial charge in [-0.15, -0.1) is 0 Å². The van der Waals surface area contributed by atoms with E-state index in [4.69, 9.17) is 11.6 Å². The molecule has 0 saturated carbocycles. The highest BCUT2D eigenvalue weighted by atomic mass is 35.5. The van der Waals surface area contributed by atoms with Crippen molar-refractivity contribution in [1.82, 2.24) is 15.2 Å². The lowest BCUT2D eigenvalue weighted by atomic mass is 9.91. The van der Waals surface area contributed by atoms with Crippen molar-refractivity contribution in [2.24, 2.45) is 5.92 Å². The molecule has 5 nitrogen and oxygen atoms in total. The summed E-state index contributed by atoms with van der Waals surface area (Å²) in [6, 6.07) is 14.4. The van der Waals surface area contributed by atoms with Gasteiger partial charge >= 0.3 is 0 Å². The zero-order chi connectivity index (χ0) is 26.1. The van der Waals surface area contributed by atoms with Crippen LogP contribution in [0, 0.1) is 30.5 Å². The first-order valence-corrected chi connectivity index (χ1v) is 12.9. The molecule has 7 heteroatoms. The van der Waals surface area contributed by atoms with Crippen LogP contribution in [-0.4, -0.2) is 40.0 Å². The third-order valence-electron chi connectivity index (χ3n) is 7.48. The third-order valence-corrected chi connectivity index (χ3v) is 7.74. The van der Waals surface area contributed by atoms with Gasteiger partial charge in [-0.05, 0) is 87.7 Å². The minimum Gasteiger partial charge on any atom is -0.508 e. The highest BCUT2D eigenvalue weighted by Crippen LogP contribution is 2.37. The number of halogens is 2. The number of pyridine rings is 1. The number of phenols is 1. The predicted molar refractivity (Wildman–Crippen MR) is 142 cm³/mol. The predicted octanol–water partition coefficient (Wildman–Crippen LogP) is 5.63. The molecule has 2 N–H and O–H groups in total. The van der Waals surface area contributed by atoms with Crippen LogP contribution in [-0.2, 0) is 0 Å². The number of hydrogen-bond acceptors (Lipinski definition) is 4. The smallest absolute Gasteiger partial charge is 0.270 e. The van der Waals surface area contributed by atoms with Gasteiger partial charge in [-0.3, -0.25) is 4.79 Å². The number of nitrogens with one attached hydrogen (secondary N) is 1. The lowest BCUT2D eigenvalue weighted by molar-refractivity contribution is 0.0937. The molecule has 0 spiro atoms. The minimum atomic E-state index is -0.813. The molecule has 1 amide bonds. The molecule has 2 aromatic carbocycles. The van der Waals surface area contributed by atoms with Crippen molar-refractivity contribution < 1.29 is 14.3 Å². The lowest BCUT2D eigenvalue weighted by Crippen LogP contribution is -2.39. The van der Waals surface area contributed by atoms with Crippen LogP contribution in [0.1, 0.15) is 64.6 Å². The Morgan fingerprint density at radius 3 is 2.54 bits per heavy atom. The van der Waals surface area contributed by atoms with Crippen LogP contribution in [0.25, 0.3) is 0 Å². The molecule has 4 atom stereocenters. The number of carbonyl (C=O) groups is 1. The molecule has 2 saturated heterocycles. The fourth-order valence-corrected chi connectivity index (χ4v) is 5.66. The number of benzene rings is 2. The van der Waals surface area contributed by atoms with Crippen molar-refractivity contribution in [2.75, 3.05) is 7.05 Å². The number of nitrogens with zero attached hydrogens (tertiary/aromatic N) is 2. The minimum absolute atomic E-state index is 0.127. The van der Waals surface area contributed by atoms with Crippen LogP contribution in [0.4, 0.5) is 4.39 Å². The number of rotatable bonds is 4. The van der Waals surface area contributed by atoms with Crippen molar-refractivity contribution in [2.45, 2.75) is 50.7 Å². The second-order valence-electron chi connectivity index (χ2n) is 10.0. The van der Waals surface area contributed by atoms with Crippen LogP contribution in [0.5, 0.6) is 5.75 Å². The molecule has 3 aromatic rings. The number of fused-ring (bicyclic) bond motifs is 2. The van der Waals surface area contributed by atoms with Crippen LogP contribution in [0.3, 0.4) is 0 Å². The van der Waals surface area contributed by atoms with E-state index < -0.39 is 17.8 Å². The maximum Gasteiger partial charge on any atom is 0.270 e. The Kier molecular flexibility index (Phi) is 7.19. The summed E-state index contributed by atoms with van der Waals surface area (Å²) in [5, 5.41) is 13.9. The van der Waals surface area contributed by atoms with Crippen molar-refractivity contribution >= 4 is 17.5 Å². The summed E-state index contributed by atoms with van der Waals surface area (Å²) in [5.41, 5.74) is 2.50. The van der Waals surface area contributed by atoms with Gasteiger partial charge in [-0.1, -0.05) is 35.6 Å². The largest absolute Gasteiger partial charge is 0.508 e. The van der Waals surface area contributed by atoms with E-state index in [9.17, 15) is 14.3 Å². The van der Waals surface area contributed by atoms with E-state index in [0.717, 1.165) is 18.4 Å². The monoisotopic (exact) mass is 517 g/mol. The van der Waals surface area contributed by atoms with E-state index in [2.05, 4.69) is 34.1 Å². The number of amides is 1. The topological polar surface area (TPSA) is 65.5 Å². The maximum absolute atomic E-state index is 14.1. The standard InChI is InChI=1S/C30H29ClFN3O2/c1-18-13-19(3-4-20-14-24-10-11-25(15-20)35(24)2)16-27(33-18)30(37)34-29(21-5-7-22(31)8-6-21)26-17-23(32)9-12-28(26)36/h5-9,12-13,16-17,20,24-25,29,36H,10-11,14-15H2,1-2H3,(H,34,37)/t20?,24-,25+,29?. The summed E-state index contributed by atoms with van der Waals surface area (Å²) < 4.78 is 14.1. The molecular formula is C30H29ClFN3O2. The number of aryl methyl sites for hydroxylation is 1. The molecule has 5 rings (SSSR count). The first kappa shape index (κ1) is 25.3. The quantitative estimate of drug-likeness (QED) is 0.440. The zero-order valence-corrected chi connectivity index (χ0v) is 21.6. The van der Waals surface area contributed by atoms with E-state index in [0.29, 0.717) is 34.3 Å². The Balaban J connectivity index is 1.40. The molecule has 2 unspecified atom stereocenters. The first-order valence-electron chi connectivity index (χ1n) is 12.5. The second kappa shape index (κ2) is 10.5. The van der Waals surface area contributed by atoms with Gasteiger partial charge in [0.25, 0.3) is 5.91 Å². The van der Waals surface area contributed by atoms with Gasteiger partial charge < -0.3 is 15.3 Å². The average molecular weight is 518 g/mol. The average Bonchev–Trinajstić information content (AvgIpc) is 3.08. The fourth-order valence-electron chi connectivity index (χ4n) is 5.53. The number of aromatic hydroxyl groups is 1. The maximum atomic E-state index is 14.1. The van der Waals surface area contributed by atoms with Crippen LogP contribution >= 0.6 is 11.6 Å². The molecule has 2 fully saturated rings. The Bertz CT molecular complexity index is 1370. The van der Waals surface area contributed by atoms with Gasteiger partial charge in [0.05, 0.1) is 6.04 Å². The summed E-state index contributed by atoms with van der Waals surface area (Å²) in [4.78, 5) is 20.3. The van der Waals surface area contributed by atoms with Gasteiger partial charge in [0.1, 0.15) is 17.3 Å². The van der Waals surface area contributed by atoms with Gasteiger partial charge in [0.2, 0.25) is 0 Å². The number of carbonyl (C=O) groups excluding carboxylic acids is 1. The Morgan fingerprint density at radius 1 is 1.14 bits per heavy atom. The summed E-state index contributed by atoms with van der Waals surface area (Å²) >= 11 is 6.05. The Morgan fingerprint density at radius 2 is 1.84 bits per heavy atom. The molecule has 190 valence electrons. The molecule has 0 aliphatic carbocycles. The summed E-state index contributed by atoms with van der Waals surface area (Å²) in [6.07, 6.45) is 4.65. The van der Waals surface area contributed by atoms with Gasteiger partial charge in [0.15, 0.2) is 0 Å². The molecule has 37 heavy (non-hydrogen) atoms.